The molecule has 0 N–H and O–H groups in total. The summed E-state index contributed by atoms with van der Waals surface area (Å²) in [4.78, 5) is 5.21. The van der Waals surface area contributed by atoms with Crippen molar-refractivity contribution in [3.8, 4) is 0 Å². The van der Waals surface area contributed by atoms with E-state index < -0.39 is 0 Å². The first-order valence-electron chi connectivity index (χ1n) is 16.0. The second-order valence-electron chi connectivity index (χ2n) is 11.1. The fraction of sp³-hybridized carbons (Fsp3) is 0.938. The van der Waals surface area contributed by atoms with Gasteiger partial charge in [-0.15, -0.1) is 0 Å². The van der Waals surface area contributed by atoms with Gasteiger partial charge in [-0.2, -0.15) is 0 Å². The van der Waals surface area contributed by atoms with Crippen LogP contribution < -0.4 is 0 Å². The van der Waals surface area contributed by atoms with Gasteiger partial charge in [0.05, 0.1) is 0 Å². The minimum Gasteiger partial charge on any atom is -0.356 e. The van der Waals surface area contributed by atoms with E-state index in [0.717, 1.165) is 6.54 Å². The summed E-state index contributed by atoms with van der Waals surface area (Å²) in [6.45, 7) is 9.32. The Hall–Kier alpha value is -0.660. The fourth-order valence-electron chi connectivity index (χ4n) is 5.56. The molecule has 0 bridgehead atoms. The number of unbranched alkanes of at least 4 members (excludes halogenated alkanes) is 21. The molecule has 0 radical (unpaired) electrons. The zero-order valence-corrected chi connectivity index (χ0v) is 24.0. The average molecular weight is 477 g/mol. The normalized spacial score (nSPS) is 15.7. The van der Waals surface area contributed by atoms with Crippen molar-refractivity contribution in [2.45, 2.75) is 181 Å². The third-order valence-corrected chi connectivity index (χ3v) is 7.92. The van der Waals surface area contributed by atoms with E-state index in [4.69, 9.17) is 0 Å². The van der Waals surface area contributed by atoms with Crippen molar-refractivity contribution in [3.63, 3.8) is 0 Å². The average Bonchev–Trinajstić information content (AvgIpc) is 3.24. The van der Waals surface area contributed by atoms with Crippen LogP contribution in [-0.2, 0) is 0 Å². The van der Waals surface area contributed by atoms with Gasteiger partial charge in [-0.1, -0.05) is 149 Å². The highest BCUT2D eigenvalue weighted by Crippen LogP contribution is 2.23. The first-order valence-corrected chi connectivity index (χ1v) is 16.0. The molecule has 1 rings (SSSR count). The fourth-order valence-corrected chi connectivity index (χ4v) is 5.56. The monoisotopic (exact) mass is 477 g/mol. The van der Waals surface area contributed by atoms with Gasteiger partial charge < -0.3 is 9.80 Å². The summed E-state index contributed by atoms with van der Waals surface area (Å²) in [5.74, 6) is 0. The third kappa shape index (κ3) is 16.9. The van der Waals surface area contributed by atoms with E-state index in [1.54, 1.807) is 0 Å². The van der Waals surface area contributed by atoms with Crippen LogP contribution in [0.25, 0.3) is 0 Å². The summed E-state index contributed by atoms with van der Waals surface area (Å²) in [6.07, 6.45) is 39.8. The van der Waals surface area contributed by atoms with Crippen LogP contribution in [0.5, 0.6) is 0 Å². The molecule has 0 saturated heterocycles. The molecule has 0 aromatic rings. The molecule has 1 atom stereocenters. The standard InChI is InChI=1S/C32H64N2/c1-4-7-9-11-13-15-16-17-18-19-21-23-25-27-29-34-31-30-33(6-3)32(34)28-26-24-22-20-14-12-10-8-5-2/h30-32H,4-29H2,1-3H3. The van der Waals surface area contributed by atoms with Gasteiger partial charge in [0.15, 0.2) is 0 Å². The van der Waals surface area contributed by atoms with E-state index in [1.165, 1.54) is 161 Å². The van der Waals surface area contributed by atoms with Crippen LogP contribution >= 0.6 is 0 Å². The Bertz CT molecular complexity index is 433. The number of hydrogen-bond donors (Lipinski definition) is 0. The predicted molar refractivity (Wildman–Crippen MR) is 154 cm³/mol. The van der Waals surface area contributed by atoms with Crippen molar-refractivity contribution in [2.75, 3.05) is 13.1 Å². The first-order chi connectivity index (χ1) is 16.8. The second-order valence-corrected chi connectivity index (χ2v) is 11.1. The Morgan fingerprint density at radius 2 is 0.765 bits per heavy atom. The van der Waals surface area contributed by atoms with E-state index in [9.17, 15) is 0 Å². The highest BCUT2D eigenvalue weighted by Gasteiger charge is 2.23. The maximum atomic E-state index is 2.65. The van der Waals surface area contributed by atoms with Crippen LogP contribution in [0.1, 0.15) is 175 Å². The molecule has 0 saturated carbocycles. The van der Waals surface area contributed by atoms with Crippen LogP contribution in [-0.4, -0.2) is 29.1 Å². The molecular weight excluding hydrogens is 412 g/mol. The van der Waals surface area contributed by atoms with E-state index >= 15 is 0 Å². The van der Waals surface area contributed by atoms with Crippen LogP contribution in [0.3, 0.4) is 0 Å². The van der Waals surface area contributed by atoms with Crippen molar-refractivity contribution in [1.29, 1.82) is 0 Å². The van der Waals surface area contributed by atoms with Gasteiger partial charge in [0.1, 0.15) is 6.17 Å². The van der Waals surface area contributed by atoms with E-state index in [0.29, 0.717) is 6.17 Å². The molecular formula is C32H64N2. The van der Waals surface area contributed by atoms with Crippen molar-refractivity contribution in [2.24, 2.45) is 0 Å². The summed E-state index contributed by atoms with van der Waals surface area (Å²) in [5, 5.41) is 0. The largest absolute Gasteiger partial charge is 0.356 e. The topological polar surface area (TPSA) is 6.48 Å². The Labute approximate surface area is 216 Å². The zero-order valence-electron chi connectivity index (χ0n) is 24.0. The highest BCUT2D eigenvalue weighted by atomic mass is 15.4. The van der Waals surface area contributed by atoms with Crippen molar-refractivity contribution in [1.82, 2.24) is 9.80 Å². The lowest BCUT2D eigenvalue weighted by Gasteiger charge is -2.32. The Morgan fingerprint density at radius 1 is 0.412 bits per heavy atom. The van der Waals surface area contributed by atoms with Gasteiger partial charge in [-0.3, -0.25) is 0 Å². The smallest absolute Gasteiger partial charge is 0.101 e. The summed E-state index contributed by atoms with van der Waals surface area (Å²) in [6, 6.07) is 0. The molecule has 0 fully saturated rings. The first kappa shape index (κ1) is 31.4. The third-order valence-electron chi connectivity index (χ3n) is 7.92. The molecule has 0 aromatic heterocycles. The molecule has 1 aliphatic rings. The number of nitrogens with zero attached hydrogens (tertiary/aromatic N) is 2. The molecule has 0 aromatic carbocycles. The van der Waals surface area contributed by atoms with Gasteiger partial charge in [0, 0.05) is 25.5 Å². The lowest BCUT2D eigenvalue weighted by molar-refractivity contribution is 0.142. The lowest BCUT2D eigenvalue weighted by Crippen LogP contribution is -2.38. The molecule has 1 heterocycles. The van der Waals surface area contributed by atoms with E-state index in [1.807, 2.05) is 0 Å². The predicted octanol–water partition coefficient (Wildman–Crippen LogP) is 10.8. The number of hydrogen-bond acceptors (Lipinski definition) is 2. The Kier molecular flexibility index (Phi) is 22.2. The summed E-state index contributed by atoms with van der Waals surface area (Å²) < 4.78 is 0. The van der Waals surface area contributed by atoms with Gasteiger partial charge in [0.2, 0.25) is 0 Å². The zero-order chi connectivity index (χ0) is 24.5. The molecule has 1 aliphatic heterocycles. The minimum atomic E-state index is 0.636. The summed E-state index contributed by atoms with van der Waals surface area (Å²) >= 11 is 0. The maximum Gasteiger partial charge on any atom is 0.101 e. The van der Waals surface area contributed by atoms with Crippen LogP contribution in [0.2, 0.25) is 0 Å². The highest BCUT2D eigenvalue weighted by molar-refractivity contribution is 4.96. The molecule has 0 amide bonds. The Balaban J connectivity index is 1.97. The lowest BCUT2D eigenvalue weighted by atomic mass is 10.0. The van der Waals surface area contributed by atoms with E-state index in [-0.39, 0.29) is 0 Å². The van der Waals surface area contributed by atoms with Crippen molar-refractivity contribution < 1.29 is 0 Å². The molecule has 2 heteroatoms. The second kappa shape index (κ2) is 24.1. The molecule has 202 valence electrons. The van der Waals surface area contributed by atoms with Gasteiger partial charge in [-0.05, 0) is 26.2 Å². The van der Waals surface area contributed by atoms with Crippen LogP contribution in [0.15, 0.2) is 12.4 Å². The van der Waals surface area contributed by atoms with Gasteiger partial charge >= 0.3 is 0 Å². The quantitative estimate of drug-likeness (QED) is 0.114. The van der Waals surface area contributed by atoms with Gasteiger partial charge in [0.25, 0.3) is 0 Å². The van der Waals surface area contributed by atoms with Gasteiger partial charge in [-0.25, -0.2) is 0 Å². The maximum absolute atomic E-state index is 2.65. The molecule has 1 unspecified atom stereocenters. The van der Waals surface area contributed by atoms with Crippen LogP contribution in [0.4, 0.5) is 0 Å². The SMILES string of the molecule is CCCCCCCCCCCCCCCCN1C=CN(CC)C1CCCCCCCCCCC. The molecule has 2 nitrogen and oxygen atoms in total. The number of rotatable bonds is 26. The summed E-state index contributed by atoms with van der Waals surface area (Å²) in [7, 11) is 0. The van der Waals surface area contributed by atoms with E-state index in [2.05, 4.69) is 43.0 Å². The Morgan fingerprint density at radius 3 is 1.18 bits per heavy atom. The molecule has 0 aliphatic carbocycles. The summed E-state index contributed by atoms with van der Waals surface area (Å²) in [5.41, 5.74) is 0. The van der Waals surface area contributed by atoms with Crippen LogP contribution in [0, 0.1) is 0 Å². The molecule has 0 spiro atoms. The molecule has 34 heavy (non-hydrogen) atoms. The van der Waals surface area contributed by atoms with Crippen molar-refractivity contribution in [3.05, 3.63) is 12.4 Å². The van der Waals surface area contributed by atoms with Crippen molar-refractivity contribution >= 4 is 0 Å². The minimum absolute atomic E-state index is 0.636.